The van der Waals surface area contributed by atoms with Crippen molar-refractivity contribution in [2.75, 3.05) is 19.1 Å². The Morgan fingerprint density at radius 2 is 1.68 bits per heavy atom. The summed E-state index contributed by atoms with van der Waals surface area (Å²) in [7, 11) is 3.11. The van der Waals surface area contributed by atoms with Gasteiger partial charge in [-0.2, -0.15) is 0 Å². The highest BCUT2D eigenvalue weighted by Gasteiger charge is 2.38. The van der Waals surface area contributed by atoms with E-state index in [1.807, 2.05) is 12.1 Å². The Hall–Kier alpha value is -4.07. The van der Waals surface area contributed by atoms with Gasteiger partial charge in [-0.15, -0.1) is 0 Å². The number of anilines is 1. The number of benzene rings is 3. The predicted molar refractivity (Wildman–Crippen MR) is 122 cm³/mol. The molecule has 0 fully saturated rings. The number of halogens is 2. The molecule has 3 aromatic rings. The van der Waals surface area contributed by atoms with E-state index in [0.29, 0.717) is 17.0 Å². The molecule has 1 aliphatic rings. The van der Waals surface area contributed by atoms with E-state index < -0.39 is 29.2 Å². The van der Waals surface area contributed by atoms with Gasteiger partial charge < -0.3 is 15.0 Å². The van der Waals surface area contributed by atoms with Gasteiger partial charge in [-0.1, -0.05) is 18.2 Å². The number of methoxy groups -OCH3 is 1. The number of Topliss-reactive ketones (excluding diaryl/α,β-unsaturated/α-hetero) is 1. The summed E-state index contributed by atoms with van der Waals surface area (Å²) in [6.45, 7) is 0.283. The van der Waals surface area contributed by atoms with Crippen LogP contribution in [-0.4, -0.2) is 31.8 Å². The van der Waals surface area contributed by atoms with Crippen LogP contribution in [-0.2, 0) is 17.8 Å². The van der Waals surface area contributed by atoms with E-state index in [-0.39, 0.29) is 30.0 Å². The van der Waals surface area contributed by atoms with E-state index in [9.17, 15) is 23.2 Å². The van der Waals surface area contributed by atoms with Gasteiger partial charge in [0.05, 0.1) is 12.8 Å². The highest BCUT2D eigenvalue weighted by Crippen LogP contribution is 2.32. The molecule has 8 heteroatoms. The Morgan fingerprint density at radius 3 is 2.35 bits per heavy atom. The summed E-state index contributed by atoms with van der Waals surface area (Å²) in [5, 5.41) is 2.81. The van der Waals surface area contributed by atoms with Crippen molar-refractivity contribution in [3.8, 4) is 5.75 Å². The average Bonchev–Trinajstić information content (AvgIpc) is 2.85. The zero-order valence-electron chi connectivity index (χ0n) is 18.6. The number of fused-ring (bicyclic) bond motifs is 1. The van der Waals surface area contributed by atoms with Crippen LogP contribution in [0.2, 0.25) is 0 Å². The van der Waals surface area contributed by atoms with Crippen LogP contribution in [0.5, 0.6) is 5.75 Å². The Labute approximate surface area is 195 Å². The van der Waals surface area contributed by atoms with Crippen molar-refractivity contribution in [2.45, 2.75) is 13.0 Å². The lowest BCUT2D eigenvalue weighted by atomic mass is 9.85. The molecule has 0 aromatic heterocycles. The molecular weight excluding hydrogens is 442 g/mol. The van der Waals surface area contributed by atoms with Gasteiger partial charge in [0.25, 0.3) is 5.91 Å². The molecule has 0 saturated heterocycles. The largest absolute Gasteiger partial charge is 0.497 e. The number of ether oxygens (including phenoxy) is 1. The molecule has 1 unspecified atom stereocenters. The van der Waals surface area contributed by atoms with Crippen molar-refractivity contribution in [2.24, 2.45) is 5.92 Å². The van der Waals surface area contributed by atoms with Crippen molar-refractivity contribution < 1.29 is 27.9 Å². The topological polar surface area (TPSA) is 75.7 Å². The predicted octanol–water partition coefficient (Wildman–Crippen LogP) is 3.92. The molecule has 0 spiro atoms. The zero-order chi connectivity index (χ0) is 24.4. The third-order valence-corrected chi connectivity index (χ3v) is 5.87. The molecule has 2 amide bonds. The van der Waals surface area contributed by atoms with Crippen LogP contribution in [0, 0.1) is 17.6 Å². The fraction of sp³-hybridized carbons (Fsp3) is 0.192. The van der Waals surface area contributed by atoms with E-state index in [1.165, 1.54) is 24.1 Å². The average molecular weight is 464 g/mol. The summed E-state index contributed by atoms with van der Waals surface area (Å²) in [6, 6.07) is 15.1. The second-order valence-corrected chi connectivity index (χ2v) is 8.03. The van der Waals surface area contributed by atoms with Gasteiger partial charge in [-0.25, -0.2) is 8.78 Å². The Kier molecular flexibility index (Phi) is 6.40. The van der Waals surface area contributed by atoms with Crippen LogP contribution >= 0.6 is 0 Å². The summed E-state index contributed by atoms with van der Waals surface area (Å²) in [5.74, 6) is -3.72. The number of nitrogens with one attached hydrogen (secondary N) is 1. The maximum Gasteiger partial charge on any atom is 0.251 e. The molecule has 6 nitrogen and oxygen atoms in total. The van der Waals surface area contributed by atoms with Crippen LogP contribution in [0.25, 0.3) is 0 Å². The number of amides is 2. The van der Waals surface area contributed by atoms with Crippen LogP contribution < -0.4 is 15.0 Å². The molecule has 0 radical (unpaired) electrons. The van der Waals surface area contributed by atoms with Gasteiger partial charge in [0.2, 0.25) is 5.91 Å². The van der Waals surface area contributed by atoms with E-state index in [1.54, 1.807) is 31.4 Å². The first-order valence-corrected chi connectivity index (χ1v) is 10.6. The maximum absolute atomic E-state index is 13.6. The van der Waals surface area contributed by atoms with Gasteiger partial charge in [0.15, 0.2) is 17.4 Å². The standard InChI is InChI=1S/C26H22F2N2O4/c1-30-23-10-6-17(25(32)29-14-15-3-7-18(34-2)8-4-15)13-19(23)24(31)20(26(30)33)11-16-5-9-21(27)22(28)12-16/h3-10,12-13,20H,11,14H2,1-2H3,(H,29,32). The maximum atomic E-state index is 13.6. The van der Waals surface area contributed by atoms with E-state index >= 15 is 0 Å². The molecule has 0 bridgehead atoms. The van der Waals surface area contributed by atoms with E-state index in [4.69, 9.17) is 4.74 Å². The monoisotopic (exact) mass is 464 g/mol. The van der Waals surface area contributed by atoms with Crippen molar-refractivity contribution in [3.63, 3.8) is 0 Å². The SMILES string of the molecule is COc1ccc(CNC(=O)c2ccc3c(c2)C(=O)C(Cc2ccc(F)c(F)c2)C(=O)N3C)cc1. The molecule has 1 aliphatic heterocycles. The van der Waals surface area contributed by atoms with Gasteiger partial charge in [-0.05, 0) is 60.0 Å². The molecule has 0 saturated carbocycles. The van der Waals surface area contributed by atoms with Crippen LogP contribution in [0.3, 0.4) is 0 Å². The minimum atomic E-state index is -1.10. The lowest BCUT2D eigenvalue weighted by Crippen LogP contribution is -2.43. The van der Waals surface area contributed by atoms with Gasteiger partial charge >= 0.3 is 0 Å². The van der Waals surface area contributed by atoms with Gasteiger partial charge in [0.1, 0.15) is 11.7 Å². The Bertz CT molecular complexity index is 1270. The minimum absolute atomic E-state index is 0.0768. The molecule has 1 heterocycles. The zero-order valence-corrected chi connectivity index (χ0v) is 18.6. The Balaban J connectivity index is 1.53. The molecule has 4 rings (SSSR count). The lowest BCUT2D eigenvalue weighted by Gasteiger charge is -2.30. The summed E-state index contributed by atoms with van der Waals surface area (Å²) in [6.07, 6.45) is -0.0768. The number of hydrogen-bond acceptors (Lipinski definition) is 4. The fourth-order valence-electron chi connectivity index (χ4n) is 3.93. The third kappa shape index (κ3) is 4.52. The van der Waals surface area contributed by atoms with Gasteiger partial charge in [-0.3, -0.25) is 14.4 Å². The highest BCUT2D eigenvalue weighted by molar-refractivity contribution is 6.22. The summed E-state index contributed by atoms with van der Waals surface area (Å²) in [4.78, 5) is 40.1. The third-order valence-electron chi connectivity index (χ3n) is 5.87. The first-order valence-electron chi connectivity index (χ1n) is 10.6. The minimum Gasteiger partial charge on any atom is -0.497 e. The first kappa shape index (κ1) is 23.1. The quantitative estimate of drug-likeness (QED) is 0.561. The number of carbonyl (C=O) groups excluding carboxylic acids is 3. The summed E-state index contributed by atoms with van der Waals surface area (Å²) < 4.78 is 32.0. The number of rotatable bonds is 6. The second-order valence-electron chi connectivity index (χ2n) is 8.03. The molecule has 1 N–H and O–H groups in total. The van der Waals surface area contributed by atoms with Crippen molar-refractivity contribution in [1.29, 1.82) is 0 Å². The molecule has 3 aromatic carbocycles. The van der Waals surface area contributed by atoms with Crippen LogP contribution in [0.15, 0.2) is 60.7 Å². The van der Waals surface area contributed by atoms with E-state index in [0.717, 1.165) is 17.7 Å². The summed E-state index contributed by atoms with van der Waals surface area (Å²) in [5.41, 5.74) is 2.10. The lowest BCUT2D eigenvalue weighted by molar-refractivity contribution is -0.121. The van der Waals surface area contributed by atoms with Crippen LogP contribution in [0.1, 0.15) is 31.8 Å². The van der Waals surface area contributed by atoms with Crippen molar-refractivity contribution in [1.82, 2.24) is 5.32 Å². The van der Waals surface area contributed by atoms with E-state index in [2.05, 4.69) is 5.32 Å². The number of nitrogens with zero attached hydrogens (tertiary/aromatic N) is 1. The number of carbonyl (C=O) groups is 3. The first-order chi connectivity index (χ1) is 16.3. The number of hydrogen-bond donors (Lipinski definition) is 1. The highest BCUT2D eigenvalue weighted by atomic mass is 19.2. The smallest absolute Gasteiger partial charge is 0.251 e. The second kappa shape index (κ2) is 9.43. The number of ketones is 1. The normalized spacial score (nSPS) is 15.2. The molecule has 174 valence electrons. The Morgan fingerprint density at radius 1 is 0.971 bits per heavy atom. The van der Waals surface area contributed by atoms with Gasteiger partial charge in [0, 0.05) is 24.7 Å². The van der Waals surface area contributed by atoms with Crippen LogP contribution in [0.4, 0.5) is 14.5 Å². The fourth-order valence-corrected chi connectivity index (χ4v) is 3.93. The molecule has 0 aliphatic carbocycles. The molecule has 34 heavy (non-hydrogen) atoms. The van der Waals surface area contributed by atoms with Crippen molar-refractivity contribution >= 4 is 23.3 Å². The summed E-state index contributed by atoms with van der Waals surface area (Å²) >= 11 is 0. The molecule has 1 atom stereocenters. The molecular formula is C26H22F2N2O4. The van der Waals surface area contributed by atoms with Crippen molar-refractivity contribution in [3.05, 3.63) is 94.6 Å².